The Hall–Kier alpha value is -0.600. The van der Waals surface area contributed by atoms with Crippen LogP contribution in [0, 0.1) is 11.8 Å². The maximum Gasteiger partial charge on any atom is 0.0720 e. The molecule has 3 N–H and O–H groups in total. The Morgan fingerprint density at radius 1 is 1.40 bits per heavy atom. The standard InChI is InChI=1S/C11H14Cl2N2/c1-6-2-7(6)5-15-11-9(12)3-8(14)4-10(11)13/h3-4,6-7,15H,2,5,14H2,1H3. The van der Waals surface area contributed by atoms with Gasteiger partial charge in [-0.3, -0.25) is 0 Å². The van der Waals surface area contributed by atoms with Crippen molar-refractivity contribution in [2.45, 2.75) is 13.3 Å². The van der Waals surface area contributed by atoms with Gasteiger partial charge in [-0.1, -0.05) is 30.1 Å². The molecule has 1 aromatic rings. The molecule has 0 bridgehead atoms. The highest BCUT2D eigenvalue weighted by Gasteiger charge is 2.32. The molecule has 2 rings (SSSR count). The Morgan fingerprint density at radius 3 is 2.40 bits per heavy atom. The number of rotatable bonds is 3. The van der Waals surface area contributed by atoms with Gasteiger partial charge in [-0.2, -0.15) is 0 Å². The molecule has 0 aromatic heterocycles. The van der Waals surface area contributed by atoms with Crippen LogP contribution in [-0.4, -0.2) is 6.54 Å². The summed E-state index contributed by atoms with van der Waals surface area (Å²) in [5.41, 5.74) is 7.01. The fourth-order valence-corrected chi connectivity index (χ4v) is 2.32. The van der Waals surface area contributed by atoms with Crippen molar-refractivity contribution >= 4 is 34.6 Å². The number of nitrogens with two attached hydrogens (primary N) is 1. The number of nitrogen functional groups attached to an aromatic ring is 1. The van der Waals surface area contributed by atoms with E-state index >= 15 is 0 Å². The zero-order chi connectivity index (χ0) is 11.0. The molecule has 15 heavy (non-hydrogen) atoms. The van der Waals surface area contributed by atoms with E-state index in [2.05, 4.69) is 12.2 Å². The predicted molar refractivity (Wildman–Crippen MR) is 66.6 cm³/mol. The van der Waals surface area contributed by atoms with Gasteiger partial charge in [0.15, 0.2) is 0 Å². The summed E-state index contributed by atoms with van der Waals surface area (Å²) >= 11 is 12.1. The summed E-state index contributed by atoms with van der Waals surface area (Å²) in [6.07, 6.45) is 1.29. The normalized spacial score (nSPS) is 23.9. The van der Waals surface area contributed by atoms with Crippen LogP contribution >= 0.6 is 23.2 Å². The maximum atomic E-state index is 6.05. The summed E-state index contributed by atoms with van der Waals surface area (Å²) < 4.78 is 0. The Labute approximate surface area is 99.7 Å². The third-order valence-corrected chi connectivity index (χ3v) is 3.48. The minimum absolute atomic E-state index is 0.591. The lowest BCUT2D eigenvalue weighted by atomic mass is 10.2. The summed E-state index contributed by atoms with van der Waals surface area (Å²) in [4.78, 5) is 0. The third kappa shape index (κ3) is 2.50. The van der Waals surface area contributed by atoms with Crippen LogP contribution in [0.15, 0.2) is 12.1 Å². The van der Waals surface area contributed by atoms with Gasteiger partial charge in [0.1, 0.15) is 0 Å². The van der Waals surface area contributed by atoms with Gasteiger partial charge in [0.25, 0.3) is 0 Å². The lowest BCUT2D eigenvalue weighted by Gasteiger charge is -2.10. The second-order valence-corrected chi connectivity index (χ2v) is 5.03. The average molecular weight is 245 g/mol. The SMILES string of the molecule is CC1CC1CNc1c(Cl)cc(N)cc1Cl. The van der Waals surface area contributed by atoms with Crippen molar-refractivity contribution in [2.75, 3.05) is 17.6 Å². The molecule has 0 heterocycles. The van der Waals surface area contributed by atoms with Gasteiger partial charge in [0.2, 0.25) is 0 Å². The molecule has 0 amide bonds. The number of anilines is 2. The van der Waals surface area contributed by atoms with Crippen LogP contribution in [0.4, 0.5) is 11.4 Å². The fourth-order valence-electron chi connectivity index (χ4n) is 1.68. The summed E-state index contributed by atoms with van der Waals surface area (Å²) in [5.74, 6) is 1.58. The zero-order valence-electron chi connectivity index (χ0n) is 8.56. The highest BCUT2D eigenvalue weighted by Crippen LogP contribution is 2.39. The number of hydrogen-bond acceptors (Lipinski definition) is 2. The van der Waals surface area contributed by atoms with E-state index in [1.54, 1.807) is 12.1 Å². The molecule has 1 aromatic carbocycles. The second kappa shape index (κ2) is 4.11. The first-order valence-corrected chi connectivity index (χ1v) is 5.82. The first-order valence-electron chi connectivity index (χ1n) is 5.06. The largest absolute Gasteiger partial charge is 0.399 e. The van der Waals surface area contributed by atoms with E-state index in [9.17, 15) is 0 Å². The number of hydrogen-bond donors (Lipinski definition) is 2. The first kappa shape index (κ1) is 10.9. The van der Waals surface area contributed by atoms with Crippen molar-refractivity contribution in [1.82, 2.24) is 0 Å². The van der Waals surface area contributed by atoms with E-state index in [-0.39, 0.29) is 0 Å². The molecule has 2 atom stereocenters. The molecule has 0 saturated heterocycles. The molecule has 1 fully saturated rings. The van der Waals surface area contributed by atoms with Crippen molar-refractivity contribution in [3.8, 4) is 0 Å². The van der Waals surface area contributed by atoms with Gasteiger partial charge in [-0.15, -0.1) is 0 Å². The molecule has 0 aliphatic heterocycles. The molecule has 1 aliphatic rings. The van der Waals surface area contributed by atoms with Crippen molar-refractivity contribution in [1.29, 1.82) is 0 Å². The predicted octanol–water partition coefficient (Wildman–Crippen LogP) is 3.64. The molecule has 2 unspecified atom stereocenters. The van der Waals surface area contributed by atoms with Gasteiger partial charge >= 0.3 is 0 Å². The molecule has 82 valence electrons. The number of benzene rings is 1. The minimum atomic E-state index is 0.591. The Kier molecular flexibility index (Phi) is 2.98. The van der Waals surface area contributed by atoms with E-state index in [1.807, 2.05) is 0 Å². The molecular formula is C11H14Cl2N2. The second-order valence-electron chi connectivity index (χ2n) is 4.21. The molecule has 1 aliphatic carbocycles. The van der Waals surface area contributed by atoms with Gasteiger partial charge < -0.3 is 11.1 Å². The van der Waals surface area contributed by atoms with E-state index in [4.69, 9.17) is 28.9 Å². The van der Waals surface area contributed by atoms with Gasteiger partial charge in [0.05, 0.1) is 15.7 Å². The molecule has 0 spiro atoms. The van der Waals surface area contributed by atoms with E-state index in [0.29, 0.717) is 15.7 Å². The van der Waals surface area contributed by atoms with Crippen LogP contribution in [0.5, 0.6) is 0 Å². The third-order valence-electron chi connectivity index (χ3n) is 2.88. The molecular weight excluding hydrogens is 231 g/mol. The quantitative estimate of drug-likeness (QED) is 0.798. The molecule has 4 heteroatoms. The van der Waals surface area contributed by atoms with E-state index < -0.39 is 0 Å². The van der Waals surface area contributed by atoms with Crippen molar-refractivity contribution in [3.63, 3.8) is 0 Å². The molecule has 2 nitrogen and oxygen atoms in total. The Morgan fingerprint density at radius 2 is 1.93 bits per heavy atom. The molecule has 0 radical (unpaired) electrons. The van der Waals surface area contributed by atoms with Crippen LogP contribution in [0.25, 0.3) is 0 Å². The van der Waals surface area contributed by atoms with Gasteiger partial charge in [-0.05, 0) is 30.4 Å². The maximum absolute atomic E-state index is 6.05. The number of halogens is 2. The van der Waals surface area contributed by atoms with Crippen LogP contribution < -0.4 is 11.1 Å². The minimum Gasteiger partial charge on any atom is -0.399 e. The van der Waals surface area contributed by atoms with Crippen LogP contribution in [0.1, 0.15) is 13.3 Å². The summed E-state index contributed by atoms with van der Waals surface area (Å²) in [6.45, 7) is 3.18. The monoisotopic (exact) mass is 244 g/mol. The van der Waals surface area contributed by atoms with Crippen LogP contribution in [0.2, 0.25) is 10.0 Å². The van der Waals surface area contributed by atoms with Gasteiger partial charge in [0, 0.05) is 12.2 Å². The van der Waals surface area contributed by atoms with Crippen molar-refractivity contribution in [3.05, 3.63) is 22.2 Å². The lowest BCUT2D eigenvalue weighted by Crippen LogP contribution is -2.05. The van der Waals surface area contributed by atoms with E-state index in [0.717, 1.165) is 24.1 Å². The van der Waals surface area contributed by atoms with E-state index in [1.165, 1.54) is 6.42 Å². The van der Waals surface area contributed by atoms with Crippen molar-refractivity contribution < 1.29 is 0 Å². The van der Waals surface area contributed by atoms with Crippen LogP contribution in [0.3, 0.4) is 0 Å². The first-order chi connectivity index (χ1) is 7.08. The smallest absolute Gasteiger partial charge is 0.0720 e. The summed E-state index contributed by atoms with van der Waals surface area (Å²) in [5, 5.41) is 4.46. The highest BCUT2D eigenvalue weighted by atomic mass is 35.5. The van der Waals surface area contributed by atoms with Crippen LogP contribution in [-0.2, 0) is 0 Å². The Balaban J connectivity index is 2.06. The molecule has 1 saturated carbocycles. The Bertz CT molecular complexity index is 356. The highest BCUT2D eigenvalue weighted by molar-refractivity contribution is 6.39. The van der Waals surface area contributed by atoms with Gasteiger partial charge in [-0.25, -0.2) is 0 Å². The van der Waals surface area contributed by atoms with Crippen molar-refractivity contribution in [2.24, 2.45) is 11.8 Å². The summed E-state index contributed by atoms with van der Waals surface area (Å²) in [7, 11) is 0. The lowest BCUT2D eigenvalue weighted by molar-refractivity contribution is 0.787. The average Bonchev–Trinajstić information content (AvgIpc) is 2.80. The fraction of sp³-hybridized carbons (Fsp3) is 0.455. The topological polar surface area (TPSA) is 38.0 Å². The summed E-state index contributed by atoms with van der Waals surface area (Å²) in [6, 6.07) is 3.43. The zero-order valence-corrected chi connectivity index (χ0v) is 10.1. The number of nitrogens with one attached hydrogen (secondary N) is 1.